The van der Waals surface area contributed by atoms with Crippen molar-refractivity contribution < 1.29 is 18.3 Å². The van der Waals surface area contributed by atoms with Gasteiger partial charge in [0.1, 0.15) is 0 Å². The third kappa shape index (κ3) is 3.91. The maximum Gasteiger partial charge on any atom is 0.287 e. The number of benzene rings is 2. The molecule has 3 heterocycles. The fraction of sp³-hybridized carbons (Fsp3) is 0.208. The van der Waals surface area contributed by atoms with Gasteiger partial charge in [0.15, 0.2) is 6.10 Å². The Labute approximate surface area is 183 Å². The highest BCUT2D eigenvalue weighted by Crippen LogP contribution is 2.32. The molecule has 8 heteroatoms. The molecule has 1 aliphatic rings. The van der Waals surface area contributed by atoms with Crippen LogP contribution in [0, 0.1) is 0 Å². The second-order valence-electron chi connectivity index (χ2n) is 7.71. The van der Waals surface area contributed by atoms with E-state index in [1.807, 2.05) is 24.3 Å². The highest BCUT2D eigenvalue weighted by atomic mass is 19.3. The third-order valence-electron chi connectivity index (χ3n) is 5.56. The van der Waals surface area contributed by atoms with Gasteiger partial charge in [0, 0.05) is 42.4 Å². The third-order valence-corrected chi connectivity index (χ3v) is 5.56. The average molecular weight is 434 g/mol. The Bertz CT molecular complexity index is 1260. The van der Waals surface area contributed by atoms with Crippen LogP contribution in [0.2, 0.25) is 0 Å². The summed E-state index contributed by atoms with van der Waals surface area (Å²) in [5.74, 6) is -3.28. The molecule has 0 spiro atoms. The zero-order chi connectivity index (χ0) is 22.1. The molecule has 1 fully saturated rings. The molecule has 6 nitrogen and oxygen atoms in total. The number of amides is 1. The lowest BCUT2D eigenvalue weighted by Crippen LogP contribution is -2.55. The maximum atomic E-state index is 14.7. The number of halogens is 2. The topological polar surface area (TPSA) is 60.2 Å². The van der Waals surface area contributed by atoms with Crippen molar-refractivity contribution in [2.24, 2.45) is 0 Å². The average Bonchev–Trinajstić information content (AvgIpc) is 3.35. The molecule has 0 unspecified atom stereocenters. The van der Waals surface area contributed by atoms with Crippen LogP contribution in [0.15, 0.2) is 79.1 Å². The Morgan fingerprint density at radius 2 is 1.94 bits per heavy atom. The molecule has 0 bridgehead atoms. The van der Waals surface area contributed by atoms with E-state index in [4.69, 9.17) is 4.74 Å². The van der Waals surface area contributed by atoms with Crippen molar-refractivity contribution in [2.75, 3.05) is 13.1 Å². The van der Waals surface area contributed by atoms with Gasteiger partial charge in [0.05, 0.1) is 17.7 Å². The lowest BCUT2D eigenvalue weighted by molar-refractivity contribution is -0.131. The molecule has 162 valence electrons. The second kappa shape index (κ2) is 8.03. The van der Waals surface area contributed by atoms with Gasteiger partial charge in [-0.1, -0.05) is 24.3 Å². The van der Waals surface area contributed by atoms with Crippen LogP contribution in [0.25, 0.3) is 16.6 Å². The number of alkyl halides is 2. The quantitative estimate of drug-likeness (QED) is 0.479. The van der Waals surface area contributed by atoms with E-state index in [0.717, 1.165) is 11.1 Å². The lowest BCUT2D eigenvalue weighted by Gasteiger charge is -2.38. The number of hydrogen-bond donors (Lipinski definition) is 0. The van der Waals surface area contributed by atoms with Crippen LogP contribution in [0.4, 0.5) is 8.78 Å². The summed E-state index contributed by atoms with van der Waals surface area (Å²) < 4.78 is 36.6. The van der Waals surface area contributed by atoms with Gasteiger partial charge in [-0.2, -0.15) is 5.10 Å². The second-order valence-corrected chi connectivity index (χ2v) is 7.71. The number of rotatable bonds is 4. The molecule has 1 aliphatic heterocycles. The van der Waals surface area contributed by atoms with E-state index in [9.17, 15) is 13.6 Å². The zero-order valence-electron chi connectivity index (χ0n) is 17.1. The van der Waals surface area contributed by atoms with Crippen LogP contribution in [-0.2, 0) is 0 Å². The molecule has 1 amide bonds. The van der Waals surface area contributed by atoms with Crippen molar-refractivity contribution in [1.82, 2.24) is 19.7 Å². The molecule has 2 aromatic carbocycles. The van der Waals surface area contributed by atoms with Crippen molar-refractivity contribution in [2.45, 2.75) is 18.4 Å². The summed E-state index contributed by atoms with van der Waals surface area (Å²) in [5.41, 5.74) is 1.79. The summed E-state index contributed by atoms with van der Waals surface area (Å²) in [4.78, 5) is 18.8. The monoisotopic (exact) mass is 434 g/mol. The molecular formula is C24H20F2N4O2. The van der Waals surface area contributed by atoms with Crippen LogP contribution >= 0.6 is 0 Å². The van der Waals surface area contributed by atoms with Crippen LogP contribution in [0.3, 0.4) is 0 Å². The lowest BCUT2D eigenvalue weighted by atomic mass is 10.0. The van der Waals surface area contributed by atoms with E-state index >= 15 is 0 Å². The van der Waals surface area contributed by atoms with Gasteiger partial charge in [0.2, 0.25) is 5.88 Å². The SMILES string of the molecule is O=C(c1cccc(-n2cccn2)c1)N1CCC(F)(F)[C@@H](Oc2ccc3ccccc3n2)C1. The number of ether oxygens (including phenoxy) is 1. The summed E-state index contributed by atoms with van der Waals surface area (Å²) in [6.45, 7) is -0.283. The zero-order valence-corrected chi connectivity index (χ0v) is 17.1. The number of likely N-dealkylation sites (tertiary alicyclic amines) is 1. The minimum Gasteiger partial charge on any atom is -0.466 e. The number of carbonyl (C=O) groups is 1. The number of pyridine rings is 1. The Balaban J connectivity index is 1.36. The van der Waals surface area contributed by atoms with Gasteiger partial charge in [-0.05, 0) is 36.4 Å². The van der Waals surface area contributed by atoms with Crippen LogP contribution in [-0.4, -0.2) is 50.7 Å². The number of para-hydroxylation sites is 1. The van der Waals surface area contributed by atoms with E-state index in [0.29, 0.717) is 11.1 Å². The van der Waals surface area contributed by atoms with Crippen molar-refractivity contribution >= 4 is 16.8 Å². The van der Waals surface area contributed by atoms with E-state index in [2.05, 4.69) is 10.1 Å². The van der Waals surface area contributed by atoms with E-state index in [-0.39, 0.29) is 24.9 Å². The Morgan fingerprint density at radius 3 is 2.78 bits per heavy atom. The molecule has 0 radical (unpaired) electrons. The normalized spacial score (nSPS) is 17.9. The van der Waals surface area contributed by atoms with Crippen LogP contribution in [0.1, 0.15) is 16.8 Å². The molecule has 0 N–H and O–H groups in total. The number of carbonyl (C=O) groups excluding carboxylic acids is 1. The molecule has 1 saturated heterocycles. The Morgan fingerprint density at radius 1 is 1.06 bits per heavy atom. The summed E-state index contributed by atoms with van der Waals surface area (Å²) >= 11 is 0. The summed E-state index contributed by atoms with van der Waals surface area (Å²) in [6.07, 6.45) is 1.45. The number of piperidine rings is 1. The molecule has 4 aromatic rings. The van der Waals surface area contributed by atoms with Gasteiger partial charge in [-0.25, -0.2) is 18.4 Å². The van der Waals surface area contributed by atoms with Crippen molar-refractivity contribution in [3.8, 4) is 11.6 Å². The standard InChI is InChI=1S/C24H20F2N4O2/c25-24(26)11-14-29(23(31)18-6-3-7-19(15-18)30-13-4-12-27-30)16-21(24)32-22-10-9-17-5-1-2-8-20(17)28-22/h1-10,12-13,15,21H,11,14,16H2/t21-/m0/s1. The van der Waals surface area contributed by atoms with Gasteiger partial charge < -0.3 is 9.64 Å². The maximum absolute atomic E-state index is 14.7. The first-order chi connectivity index (χ1) is 15.5. The molecule has 32 heavy (non-hydrogen) atoms. The predicted octanol–water partition coefficient (Wildman–Crippen LogP) is 4.35. The number of nitrogens with zero attached hydrogens (tertiary/aromatic N) is 4. The fourth-order valence-electron chi connectivity index (χ4n) is 3.82. The fourth-order valence-corrected chi connectivity index (χ4v) is 3.82. The van der Waals surface area contributed by atoms with E-state index in [1.54, 1.807) is 59.5 Å². The Hall–Kier alpha value is -3.81. The van der Waals surface area contributed by atoms with Crippen LogP contribution in [0.5, 0.6) is 5.88 Å². The molecule has 5 rings (SSSR count). The number of aromatic nitrogens is 3. The first-order valence-electron chi connectivity index (χ1n) is 10.3. The van der Waals surface area contributed by atoms with Crippen molar-refractivity contribution in [3.63, 3.8) is 0 Å². The summed E-state index contributed by atoms with van der Waals surface area (Å²) in [7, 11) is 0. The van der Waals surface area contributed by atoms with Gasteiger partial charge in [-0.3, -0.25) is 4.79 Å². The summed E-state index contributed by atoms with van der Waals surface area (Å²) in [6, 6.07) is 19.5. The van der Waals surface area contributed by atoms with Gasteiger partial charge in [-0.15, -0.1) is 0 Å². The van der Waals surface area contributed by atoms with Gasteiger partial charge >= 0.3 is 0 Å². The number of hydrogen-bond acceptors (Lipinski definition) is 4. The minimum atomic E-state index is -3.07. The molecule has 1 atom stereocenters. The van der Waals surface area contributed by atoms with Crippen LogP contribution < -0.4 is 4.74 Å². The largest absolute Gasteiger partial charge is 0.466 e. The van der Waals surface area contributed by atoms with Crippen molar-refractivity contribution in [1.29, 1.82) is 0 Å². The molecule has 0 saturated carbocycles. The highest BCUT2D eigenvalue weighted by Gasteiger charge is 2.47. The highest BCUT2D eigenvalue weighted by molar-refractivity contribution is 5.95. The first kappa shape index (κ1) is 20.1. The van der Waals surface area contributed by atoms with Crippen molar-refractivity contribution in [3.05, 3.63) is 84.7 Å². The Kier molecular flexibility index (Phi) is 5.05. The van der Waals surface area contributed by atoms with E-state index in [1.165, 1.54) is 4.90 Å². The predicted molar refractivity (Wildman–Crippen MR) is 115 cm³/mol. The van der Waals surface area contributed by atoms with E-state index < -0.39 is 18.4 Å². The number of fused-ring (bicyclic) bond motifs is 1. The molecule has 2 aromatic heterocycles. The summed E-state index contributed by atoms with van der Waals surface area (Å²) in [5, 5.41) is 5.06. The van der Waals surface area contributed by atoms with Gasteiger partial charge in [0.25, 0.3) is 11.8 Å². The first-order valence-corrected chi connectivity index (χ1v) is 10.3. The smallest absolute Gasteiger partial charge is 0.287 e. The minimum absolute atomic E-state index is 0.0527. The molecule has 0 aliphatic carbocycles. The molecular weight excluding hydrogens is 414 g/mol.